The predicted molar refractivity (Wildman–Crippen MR) is 38.6 cm³/mol. The van der Waals surface area contributed by atoms with Gasteiger partial charge in [0.15, 0.2) is 0 Å². The number of methoxy groups -OCH3 is 2. The van der Waals surface area contributed by atoms with Gasteiger partial charge >= 0.3 is 0 Å². The van der Waals surface area contributed by atoms with Gasteiger partial charge < -0.3 is 24.3 Å². The van der Waals surface area contributed by atoms with Gasteiger partial charge in [0.2, 0.25) is 0 Å². The second-order valence-corrected chi connectivity index (χ2v) is 2.72. The molecule has 5 nitrogen and oxygen atoms in total. The SMILES string of the molecule is COC1CN(C(=O)[O-])CC1OC. The average Bonchev–Trinajstić information content (AvgIpc) is 2.46. The molecule has 0 N–H and O–H groups in total. The number of carboxylic acid groups (broad SMARTS) is 1. The van der Waals surface area contributed by atoms with Crippen molar-refractivity contribution < 1.29 is 19.4 Å². The van der Waals surface area contributed by atoms with E-state index in [2.05, 4.69) is 0 Å². The van der Waals surface area contributed by atoms with E-state index in [0.717, 1.165) is 0 Å². The Morgan fingerprint density at radius 3 is 2.00 bits per heavy atom. The summed E-state index contributed by atoms with van der Waals surface area (Å²) in [5.41, 5.74) is 0. The molecular formula is C7H12NO4-. The monoisotopic (exact) mass is 174 g/mol. The van der Waals surface area contributed by atoms with Crippen LogP contribution in [0.25, 0.3) is 0 Å². The van der Waals surface area contributed by atoms with E-state index < -0.39 is 6.09 Å². The summed E-state index contributed by atoms with van der Waals surface area (Å²) < 4.78 is 10.1. The fourth-order valence-electron chi connectivity index (χ4n) is 1.35. The van der Waals surface area contributed by atoms with Crippen molar-refractivity contribution in [2.45, 2.75) is 12.2 Å². The molecule has 1 rings (SSSR count). The fraction of sp³-hybridized carbons (Fsp3) is 0.857. The van der Waals surface area contributed by atoms with Crippen LogP contribution in [0.5, 0.6) is 0 Å². The van der Waals surface area contributed by atoms with E-state index >= 15 is 0 Å². The second-order valence-electron chi connectivity index (χ2n) is 2.72. The number of ether oxygens (including phenoxy) is 2. The lowest BCUT2D eigenvalue weighted by atomic mass is 10.3. The molecular weight excluding hydrogens is 162 g/mol. The van der Waals surface area contributed by atoms with E-state index in [0.29, 0.717) is 13.1 Å². The highest BCUT2D eigenvalue weighted by Gasteiger charge is 2.32. The molecule has 1 saturated heterocycles. The quantitative estimate of drug-likeness (QED) is 0.520. The predicted octanol–water partition coefficient (Wildman–Crippen LogP) is -1.32. The van der Waals surface area contributed by atoms with Gasteiger partial charge in [-0.05, 0) is 0 Å². The normalized spacial score (nSPS) is 29.3. The Morgan fingerprint density at radius 1 is 1.33 bits per heavy atom. The van der Waals surface area contributed by atoms with Crippen molar-refractivity contribution in [1.82, 2.24) is 4.90 Å². The molecule has 0 bridgehead atoms. The van der Waals surface area contributed by atoms with E-state index in [-0.39, 0.29) is 12.2 Å². The summed E-state index contributed by atoms with van der Waals surface area (Å²) in [6.45, 7) is 0.661. The van der Waals surface area contributed by atoms with E-state index in [4.69, 9.17) is 9.47 Å². The van der Waals surface area contributed by atoms with Gasteiger partial charge in [0.25, 0.3) is 0 Å². The Balaban J connectivity index is 2.53. The third kappa shape index (κ3) is 1.67. The smallest absolute Gasteiger partial charge is 0.137 e. The Kier molecular flexibility index (Phi) is 2.88. The topological polar surface area (TPSA) is 61.8 Å². The second kappa shape index (κ2) is 3.73. The molecule has 0 aromatic carbocycles. The third-order valence-electron chi connectivity index (χ3n) is 2.08. The van der Waals surface area contributed by atoms with Crippen LogP contribution in [0, 0.1) is 0 Å². The molecule has 1 fully saturated rings. The Labute approximate surface area is 70.9 Å². The lowest BCUT2D eigenvalue weighted by Gasteiger charge is -2.17. The van der Waals surface area contributed by atoms with Gasteiger partial charge in [-0.3, -0.25) is 0 Å². The van der Waals surface area contributed by atoms with Crippen molar-refractivity contribution in [2.75, 3.05) is 27.3 Å². The molecule has 12 heavy (non-hydrogen) atoms. The molecule has 0 saturated carbocycles. The zero-order valence-electron chi connectivity index (χ0n) is 7.15. The van der Waals surface area contributed by atoms with E-state index in [9.17, 15) is 9.90 Å². The minimum atomic E-state index is -1.17. The molecule has 0 aromatic heterocycles. The molecule has 1 heterocycles. The van der Waals surface area contributed by atoms with Crippen molar-refractivity contribution in [3.8, 4) is 0 Å². The standard InChI is InChI=1S/C7H13NO4/c1-11-5-3-8(7(9)10)4-6(5)12-2/h5-6H,3-4H2,1-2H3,(H,9,10)/p-1. The number of likely N-dealkylation sites (tertiary alicyclic amines) is 1. The highest BCUT2D eigenvalue weighted by atomic mass is 16.5. The number of hydrogen-bond donors (Lipinski definition) is 0. The number of hydrogen-bond acceptors (Lipinski definition) is 4. The van der Waals surface area contributed by atoms with Gasteiger partial charge in [0.1, 0.15) is 18.3 Å². The average molecular weight is 174 g/mol. The Morgan fingerprint density at radius 2 is 1.75 bits per heavy atom. The van der Waals surface area contributed by atoms with Crippen molar-refractivity contribution in [3.63, 3.8) is 0 Å². The minimum Gasteiger partial charge on any atom is -0.530 e. The molecule has 5 heteroatoms. The maximum Gasteiger partial charge on any atom is 0.137 e. The molecule has 1 amide bonds. The molecule has 0 aliphatic carbocycles. The number of amides is 1. The fourth-order valence-corrected chi connectivity index (χ4v) is 1.35. The summed E-state index contributed by atoms with van der Waals surface area (Å²) >= 11 is 0. The van der Waals surface area contributed by atoms with Gasteiger partial charge in [0.05, 0.1) is 0 Å². The first kappa shape index (κ1) is 9.28. The number of nitrogens with zero attached hydrogens (tertiary/aromatic N) is 1. The zero-order chi connectivity index (χ0) is 9.14. The number of rotatable bonds is 2. The molecule has 0 aromatic rings. The molecule has 1 aliphatic heterocycles. The van der Waals surface area contributed by atoms with Gasteiger partial charge in [-0.25, -0.2) is 0 Å². The van der Waals surface area contributed by atoms with Crippen molar-refractivity contribution in [3.05, 3.63) is 0 Å². The lowest BCUT2D eigenvalue weighted by molar-refractivity contribution is -0.264. The van der Waals surface area contributed by atoms with Gasteiger partial charge in [-0.2, -0.15) is 0 Å². The van der Waals surface area contributed by atoms with Crippen LogP contribution in [-0.4, -0.2) is 50.5 Å². The summed E-state index contributed by atoms with van der Waals surface area (Å²) in [5, 5.41) is 10.4. The maximum absolute atomic E-state index is 10.4. The van der Waals surface area contributed by atoms with Gasteiger partial charge in [-0.1, -0.05) is 0 Å². The van der Waals surface area contributed by atoms with E-state index in [1.54, 1.807) is 0 Å². The first-order valence-corrected chi connectivity index (χ1v) is 3.70. The first-order valence-electron chi connectivity index (χ1n) is 3.70. The van der Waals surface area contributed by atoms with Crippen LogP contribution in [0.2, 0.25) is 0 Å². The van der Waals surface area contributed by atoms with Gasteiger partial charge in [0, 0.05) is 27.3 Å². The van der Waals surface area contributed by atoms with Crippen LogP contribution in [0.4, 0.5) is 4.79 Å². The van der Waals surface area contributed by atoms with Crippen molar-refractivity contribution >= 4 is 6.09 Å². The largest absolute Gasteiger partial charge is 0.530 e. The highest BCUT2D eigenvalue weighted by molar-refractivity contribution is 5.63. The molecule has 2 unspecified atom stereocenters. The van der Waals surface area contributed by atoms with Gasteiger partial charge in [-0.15, -0.1) is 0 Å². The zero-order valence-corrected chi connectivity index (χ0v) is 7.15. The van der Waals surface area contributed by atoms with Crippen LogP contribution in [0.15, 0.2) is 0 Å². The molecule has 1 aliphatic rings. The first-order chi connectivity index (χ1) is 5.69. The highest BCUT2D eigenvalue weighted by Crippen LogP contribution is 2.14. The number of carbonyl (C=O) groups excluding carboxylic acids is 1. The van der Waals surface area contributed by atoms with Crippen LogP contribution in [0.3, 0.4) is 0 Å². The molecule has 0 spiro atoms. The van der Waals surface area contributed by atoms with Crippen molar-refractivity contribution in [2.24, 2.45) is 0 Å². The van der Waals surface area contributed by atoms with Crippen molar-refractivity contribution in [1.29, 1.82) is 0 Å². The van der Waals surface area contributed by atoms with Crippen LogP contribution < -0.4 is 5.11 Å². The maximum atomic E-state index is 10.4. The van der Waals surface area contributed by atoms with E-state index in [1.165, 1.54) is 19.1 Å². The van der Waals surface area contributed by atoms with Crippen LogP contribution >= 0.6 is 0 Å². The lowest BCUT2D eigenvalue weighted by Crippen LogP contribution is -2.40. The van der Waals surface area contributed by atoms with Crippen LogP contribution in [0.1, 0.15) is 0 Å². The van der Waals surface area contributed by atoms with E-state index in [1.807, 2.05) is 0 Å². The summed E-state index contributed by atoms with van der Waals surface area (Å²) in [6.07, 6.45) is -1.52. The number of carbonyl (C=O) groups is 1. The summed E-state index contributed by atoms with van der Waals surface area (Å²) in [7, 11) is 3.07. The summed E-state index contributed by atoms with van der Waals surface area (Å²) in [6, 6.07) is 0. The Hall–Kier alpha value is -0.810. The molecule has 70 valence electrons. The molecule has 2 atom stereocenters. The van der Waals surface area contributed by atoms with Crippen LogP contribution in [-0.2, 0) is 9.47 Å². The summed E-state index contributed by atoms with van der Waals surface area (Å²) in [5.74, 6) is 0. The Bertz CT molecular complexity index is 161. The summed E-state index contributed by atoms with van der Waals surface area (Å²) in [4.78, 5) is 11.6. The third-order valence-corrected chi connectivity index (χ3v) is 2.08. The minimum absolute atomic E-state index is 0.173. The molecule has 0 radical (unpaired) electrons.